The molecule has 0 saturated carbocycles. The van der Waals surface area contributed by atoms with E-state index < -0.39 is 17.6 Å². The molecule has 1 rings (SSSR count). The highest BCUT2D eigenvalue weighted by Gasteiger charge is 2.21. The number of ether oxygens (including phenoxy) is 1. The monoisotopic (exact) mass is 321 g/mol. The quantitative estimate of drug-likeness (QED) is 0.817. The number of carbonyl (C=O) groups is 3. The summed E-state index contributed by atoms with van der Waals surface area (Å²) in [4.78, 5) is 36.2. The Hall–Kier alpha value is -2.57. The van der Waals surface area contributed by atoms with Crippen LogP contribution in [0.3, 0.4) is 0 Å². The summed E-state index contributed by atoms with van der Waals surface area (Å²) < 4.78 is 5.12. The van der Waals surface area contributed by atoms with Crippen LogP contribution in [-0.2, 0) is 20.7 Å². The summed E-state index contributed by atoms with van der Waals surface area (Å²) in [6.07, 6.45) is -0.452. The Bertz CT molecular complexity index is 552. The fourth-order valence-corrected chi connectivity index (χ4v) is 1.62. The van der Waals surface area contributed by atoms with Crippen molar-refractivity contribution in [3.05, 3.63) is 35.9 Å². The highest BCUT2D eigenvalue weighted by Crippen LogP contribution is 2.08. The molecule has 0 aliphatic rings. The average Bonchev–Trinajstić information content (AvgIpc) is 2.44. The Morgan fingerprint density at radius 3 is 2.17 bits per heavy atom. The number of amides is 3. The Kier molecular flexibility index (Phi) is 6.56. The van der Waals surface area contributed by atoms with Crippen LogP contribution in [0.5, 0.6) is 0 Å². The lowest BCUT2D eigenvalue weighted by Crippen LogP contribution is -2.47. The zero-order valence-electron chi connectivity index (χ0n) is 13.9. The van der Waals surface area contributed by atoms with Crippen molar-refractivity contribution in [2.75, 3.05) is 13.6 Å². The van der Waals surface area contributed by atoms with Crippen LogP contribution < -0.4 is 10.9 Å². The van der Waals surface area contributed by atoms with Gasteiger partial charge in [0.15, 0.2) is 0 Å². The minimum absolute atomic E-state index is 0.156. The van der Waals surface area contributed by atoms with E-state index in [2.05, 4.69) is 10.9 Å². The van der Waals surface area contributed by atoms with E-state index in [4.69, 9.17) is 4.74 Å². The van der Waals surface area contributed by atoms with Crippen LogP contribution in [0.15, 0.2) is 30.3 Å². The molecule has 0 unspecified atom stereocenters. The van der Waals surface area contributed by atoms with Crippen LogP contribution in [-0.4, -0.2) is 42.0 Å². The molecule has 0 saturated heterocycles. The van der Waals surface area contributed by atoms with E-state index in [-0.39, 0.29) is 18.9 Å². The molecular weight excluding hydrogens is 298 g/mol. The Labute approximate surface area is 136 Å². The van der Waals surface area contributed by atoms with E-state index in [1.807, 2.05) is 30.3 Å². The molecule has 23 heavy (non-hydrogen) atoms. The fraction of sp³-hybridized carbons (Fsp3) is 0.438. The maximum atomic E-state index is 11.7. The van der Waals surface area contributed by atoms with Crippen LogP contribution in [0.4, 0.5) is 4.79 Å². The first kappa shape index (κ1) is 18.5. The first-order valence-electron chi connectivity index (χ1n) is 7.23. The molecule has 0 aliphatic carbocycles. The molecule has 7 nitrogen and oxygen atoms in total. The summed E-state index contributed by atoms with van der Waals surface area (Å²) in [6.45, 7) is 4.99. The van der Waals surface area contributed by atoms with E-state index in [1.165, 1.54) is 7.05 Å². The molecule has 7 heteroatoms. The van der Waals surface area contributed by atoms with Crippen molar-refractivity contribution in [2.45, 2.75) is 32.8 Å². The number of hydrogen-bond acceptors (Lipinski definition) is 4. The number of nitrogens with zero attached hydrogens (tertiary/aromatic N) is 1. The first-order chi connectivity index (χ1) is 10.7. The van der Waals surface area contributed by atoms with Gasteiger partial charge < -0.3 is 9.64 Å². The second-order valence-corrected chi connectivity index (χ2v) is 6.10. The summed E-state index contributed by atoms with van der Waals surface area (Å²) in [6, 6.07) is 9.15. The number of carbonyl (C=O) groups excluding carboxylic acids is 3. The van der Waals surface area contributed by atoms with Crippen molar-refractivity contribution >= 4 is 17.9 Å². The van der Waals surface area contributed by atoms with Crippen LogP contribution in [0.2, 0.25) is 0 Å². The normalized spacial score (nSPS) is 10.6. The molecule has 0 aliphatic heterocycles. The summed E-state index contributed by atoms with van der Waals surface area (Å²) >= 11 is 0. The minimum atomic E-state index is -0.633. The Balaban J connectivity index is 2.33. The van der Waals surface area contributed by atoms with Crippen LogP contribution in [0, 0.1) is 0 Å². The Morgan fingerprint density at radius 2 is 1.61 bits per heavy atom. The van der Waals surface area contributed by atoms with E-state index in [0.29, 0.717) is 0 Å². The minimum Gasteiger partial charge on any atom is -0.444 e. The topological polar surface area (TPSA) is 87.7 Å². The van der Waals surface area contributed by atoms with Gasteiger partial charge in [0.25, 0.3) is 5.91 Å². The molecular formula is C16H23N3O4. The number of nitrogens with one attached hydrogen (secondary N) is 2. The number of likely N-dealkylation sites (N-methyl/N-ethyl adjacent to an activating group) is 1. The molecule has 0 atom stereocenters. The van der Waals surface area contributed by atoms with Gasteiger partial charge in [0, 0.05) is 7.05 Å². The molecule has 0 aromatic heterocycles. The molecule has 126 valence electrons. The smallest absolute Gasteiger partial charge is 0.410 e. The Morgan fingerprint density at radius 1 is 1.04 bits per heavy atom. The van der Waals surface area contributed by atoms with Gasteiger partial charge in [0.05, 0.1) is 6.42 Å². The lowest BCUT2D eigenvalue weighted by atomic mass is 10.1. The third-order valence-electron chi connectivity index (χ3n) is 2.63. The zero-order chi connectivity index (χ0) is 17.5. The molecule has 1 aromatic rings. The zero-order valence-corrected chi connectivity index (χ0v) is 13.9. The maximum absolute atomic E-state index is 11.7. The van der Waals surface area contributed by atoms with Crippen LogP contribution >= 0.6 is 0 Å². The molecule has 0 spiro atoms. The van der Waals surface area contributed by atoms with E-state index in [9.17, 15) is 14.4 Å². The van der Waals surface area contributed by atoms with Gasteiger partial charge in [-0.3, -0.25) is 20.4 Å². The number of hydrogen-bond donors (Lipinski definition) is 2. The SMILES string of the molecule is CN(CC(=O)NNC(=O)Cc1ccccc1)C(=O)OC(C)(C)C. The van der Waals surface area contributed by atoms with E-state index in [1.54, 1.807) is 20.8 Å². The van der Waals surface area contributed by atoms with Gasteiger partial charge in [-0.25, -0.2) is 4.79 Å². The van der Waals surface area contributed by atoms with Gasteiger partial charge in [0.1, 0.15) is 12.1 Å². The van der Waals surface area contributed by atoms with Crippen molar-refractivity contribution in [1.82, 2.24) is 15.8 Å². The van der Waals surface area contributed by atoms with Gasteiger partial charge in [-0.05, 0) is 26.3 Å². The summed E-state index contributed by atoms with van der Waals surface area (Å²) in [5, 5.41) is 0. The predicted molar refractivity (Wildman–Crippen MR) is 85.3 cm³/mol. The highest BCUT2D eigenvalue weighted by molar-refractivity contribution is 5.85. The van der Waals surface area contributed by atoms with Gasteiger partial charge in [-0.15, -0.1) is 0 Å². The lowest BCUT2D eigenvalue weighted by Gasteiger charge is -2.24. The third kappa shape index (κ3) is 7.85. The third-order valence-corrected chi connectivity index (χ3v) is 2.63. The largest absolute Gasteiger partial charge is 0.444 e. The van der Waals surface area contributed by atoms with Crippen molar-refractivity contribution in [3.8, 4) is 0 Å². The van der Waals surface area contributed by atoms with Crippen molar-refractivity contribution in [2.24, 2.45) is 0 Å². The van der Waals surface area contributed by atoms with Gasteiger partial charge in [-0.1, -0.05) is 30.3 Å². The molecule has 1 aromatic carbocycles. The van der Waals surface area contributed by atoms with Crippen LogP contribution in [0.25, 0.3) is 0 Å². The van der Waals surface area contributed by atoms with Crippen molar-refractivity contribution in [1.29, 1.82) is 0 Å². The predicted octanol–water partition coefficient (Wildman–Crippen LogP) is 1.24. The maximum Gasteiger partial charge on any atom is 0.410 e. The first-order valence-corrected chi connectivity index (χ1v) is 7.23. The van der Waals surface area contributed by atoms with Crippen molar-refractivity contribution in [3.63, 3.8) is 0 Å². The summed E-state index contributed by atoms with van der Waals surface area (Å²) in [5.41, 5.74) is 4.77. The van der Waals surface area contributed by atoms with E-state index >= 15 is 0 Å². The van der Waals surface area contributed by atoms with Crippen LogP contribution in [0.1, 0.15) is 26.3 Å². The standard InChI is InChI=1S/C16H23N3O4/c1-16(2,3)23-15(22)19(4)11-14(21)18-17-13(20)10-12-8-6-5-7-9-12/h5-9H,10-11H2,1-4H3,(H,17,20)(H,18,21). The molecule has 0 bridgehead atoms. The molecule has 0 radical (unpaired) electrons. The molecule has 0 fully saturated rings. The summed E-state index contributed by atoms with van der Waals surface area (Å²) in [7, 11) is 1.44. The molecule has 2 N–H and O–H groups in total. The molecule has 0 heterocycles. The van der Waals surface area contributed by atoms with E-state index in [0.717, 1.165) is 10.5 Å². The average molecular weight is 321 g/mol. The number of benzene rings is 1. The summed E-state index contributed by atoms with van der Waals surface area (Å²) in [5.74, 6) is -0.857. The van der Waals surface area contributed by atoms with Crippen molar-refractivity contribution < 1.29 is 19.1 Å². The van der Waals surface area contributed by atoms with Gasteiger partial charge in [0.2, 0.25) is 5.91 Å². The second-order valence-electron chi connectivity index (χ2n) is 6.10. The number of rotatable bonds is 4. The lowest BCUT2D eigenvalue weighted by molar-refractivity contribution is -0.129. The fourth-order valence-electron chi connectivity index (χ4n) is 1.62. The van der Waals surface area contributed by atoms with Gasteiger partial charge in [-0.2, -0.15) is 0 Å². The highest BCUT2D eigenvalue weighted by atomic mass is 16.6. The van der Waals surface area contributed by atoms with Gasteiger partial charge >= 0.3 is 6.09 Å². The number of hydrazine groups is 1. The second kappa shape index (κ2) is 8.17. The molecule has 3 amide bonds.